The number of esters is 1. The number of benzene rings is 1. The highest BCUT2D eigenvalue weighted by Gasteiger charge is 2.40. The van der Waals surface area contributed by atoms with E-state index in [1.54, 1.807) is 6.92 Å². The predicted octanol–water partition coefficient (Wildman–Crippen LogP) is 3.41. The van der Waals surface area contributed by atoms with E-state index in [1.807, 2.05) is 0 Å². The SMILES string of the molecule is COCCOC(=O)C1=C(C)NC2=C(C(=O)CCC2)[C@@H]1c1cc([N+](=O)[O-])ccc1Cl. The maximum atomic E-state index is 12.9. The molecule has 1 atom stereocenters. The number of Topliss-reactive ketones (excluding diaryl/α,β-unsaturated/α-hetero) is 1. The lowest BCUT2D eigenvalue weighted by atomic mass is 9.75. The van der Waals surface area contributed by atoms with E-state index in [9.17, 15) is 19.7 Å². The Morgan fingerprint density at radius 1 is 1.34 bits per heavy atom. The molecule has 0 bridgehead atoms. The molecule has 1 aliphatic heterocycles. The molecule has 3 rings (SSSR count). The van der Waals surface area contributed by atoms with E-state index in [0.717, 1.165) is 5.70 Å². The first-order valence-electron chi connectivity index (χ1n) is 9.19. The average molecular weight is 421 g/mol. The molecule has 0 aromatic heterocycles. The van der Waals surface area contributed by atoms with Gasteiger partial charge in [0.2, 0.25) is 0 Å². The van der Waals surface area contributed by atoms with Crippen molar-refractivity contribution in [3.8, 4) is 0 Å². The van der Waals surface area contributed by atoms with Crippen LogP contribution in [0.4, 0.5) is 5.69 Å². The van der Waals surface area contributed by atoms with Crippen molar-refractivity contribution in [3.63, 3.8) is 0 Å². The summed E-state index contributed by atoms with van der Waals surface area (Å²) in [5, 5.41) is 14.7. The molecule has 1 aromatic carbocycles. The molecule has 0 radical (unpaired) electrons. The van der Waals surface area contributed by atoms with Crippen LogP contribution < -0.4 is 5.32 Å². The van der Waals surface area contributed by atoms with Crippen molar-refractivity contribution >= 4 is 29.0 Å². The number of hydrogen-bond acceptors (Lipinski definition) is 7. The maximum absolute atomic E-state index is 12.9. The average Bonchev–Trinajstić information content (AvgIpc) is 2.67. The zero-order valence-corrected chi connectivity index (χ0v) is 16.9. The molecule has 0 fully saturated rings. The van der Waals surface area contributed by atoms with Crippen LogP contribution in [0.1, 0.15) is 37.7 Å². The van der Waals surface area contributed by atoms with Gasteiger partial charge in [0.15, 0.2) is 5.78 Å². The summed E-state index contributed by atoms with van der Waals surface area (Å²) in [6, 6.07) is 4.02. The smallest absolute Gasteiger partial charge is 0.336 e. The number of nitrogens with zero attached hydrogens (tertiary/aromatic N) is 1. The van der Waals surface area contributed by atoms with Crippen molar-refractivity contribution in [1.29, 1.82) is 0 Å². The molecule has 154 valence electrons. The quantitative estimate of drug-likeness (QED) is 0.325. The van der Waals surface area contributed by atoms with E-state index >= 15 is 0 Å². The molecule has 29 heavy (non-hydrogen) atoms. The summed E-state index contributed by atoms with van der Waals surface area (Å²) in [4.78, 5) is 36.5. The van der Waals surface area contributed by atoms with Crippen LogP contribution in [0, 0.1) is 10.1 Å². The lowest BCUT2D eigenvalue weighted by Gasteiger charge is -2.34. The number of allylic oxidation sites excluding steroid dienone is 3. The highest BCUT2D eigenvalue weighted by Crippen LogP contribution is 2.45. The van der Waals surface area contributed by atoms with Crippen LogP contribution in [0.25, 0.3) is 0 Å². The molecule has 0 amide bonds. The number of carbonyl (C=O) groups excluding carboxylic acids is 2. The van der Waals surface area contributed by atoms with Gasteiger partial charge in [-0.1, -0.05) is 11.6 Å². The minimum absolute atomic E-state index is 0.0430. The van der Waals surface area contributed by atoms with Gasteiger partial charge in [0.05, 0.1) is 17.1 Å². The zero-order valence-electron chi connectivity index (χ0n) is 16.1. The van der Waals surface area contributed by atoms with Gasteiger partial charge >= 0.3 is 5.97 Å². The van der Waals surface area contributed by atoms with E-state index < -0.39 is 16.8 Å². The largest absolute Gasteiger partial charge is 0.460 e. The van der Waals surface area contributed by atoms with E-state index in [2.05, 4.69) is 5.32 Å². The van der Waals surface area contributed by atoms with Gasteiger partial charge in [-0.3, -0.25) is 14.9 Å². The number of hydrogen-bond donors (Lipinski definition) is 1. The Bertz CT molecular complexity index is 937. The second kappa shape index (κ2) is 8.75. The van der Waals surface area contributed by atoms with Gasteiger partial charge in [0, 0.05) is 53.6 Å². The molecule has 0 saturated heterocycles. The highest BCUT2D eigenvalue weighted by molar-refractivity contribution is 6.31. The van der Waals surface area contributed by atoms with Crippen molar-refractivity contribution in [3.05, 3.63) is 61.4 Å². The Morgan fingerprint density at radius 3 is 2.79 bits per heavy atom. The van der Waals surface area contributed by atoms with Gasteiger partial charge in [-0.05, 0) is 31.4 Å². The van der Waals surface area contributed by atoms with Crippen LogP contribution in [-0.2, 0) is 19.1 Å². The fourth-order valence-corrected chi connectivity index (χ4v) is 3.95. The molecule has 8 nitrogen and oxygen atoms in total. The lowest BCUT2D eigenvalue weighted by molar-refractivity contribution is -0.384. The van der Waals surface area contributed by atoms with Crippen LogP contribution >= 0.6 is 11.6 Å². The number of nitrogens with one attached hydrogen (secondary N) is 1. The number of nitro benzene ring substituents is 1. The van der Waals surface area contributed by atoms with Crippen LogP contribution in [0.2, 0.25) is 5.02 Å². The van der Waals surface area contributed by atoms with Crippen molar-refractivity contribution in [2.45, 2.75) is 32.1 Å². The highest BCUT2D eigenvalue weighted by atomic mass is 35.5. The first-order valence-corrected chi connectivity index (χ1v) is 9.56. The van der Waals surface area contributed by atoms with Gasteiger partial charge in [0.25, 0.3) is 5.69 Å². The van der Waals surface area contributed by atoms with Gasteiger partial charge < -0.3 is 14.8 Å². The molecule has 0 spiro atoms. The number of rotatable bonds is 6. The predicted molar refractivity (Wildman–Crippen MR) is 105 cm³/mol. The third kappa shape index (κ3) is 4.18. The summed E-state index contributed by atoms with van der Waals surface area (Å²) >= 11 is 6.39. The summed E-state index contributed by atoms with van der Waals surface area (Å²) in [5.74, 6) is -1.56. The topological polar surface area (TPSA) is 108 Å². The number of nitro groups is 1. The minimum atomic E-state index is -0.832. The van der Waals surface area contributed by atoms with Gasteiger partial charge in [0.1, 0.15) is 6.61 Å². The summed E-state index contributed by atoms with van der Waals surface area (Å²) < 4.78 is 10.2. The van der Waals surface area contributed by atoms with Crippen LogP contribution in [0.15, 0.2) is 40.7 Å². The fourth-order valence-electron chi connectivity index (χ4n) is 3.73. The fraction of sp³-hybridized carbons (Fsp3) is 0.400. The molecule has 1 N–H and O–H groups in total. The number of ketones is 1. The third-order valence-corrected chi connectivity index (χ3v) is 5.36. The zero-order chi connectivity index (χ0) is 21.1. The molecule has 1 aliphatic carbocycles. The summed E-state index contributed by atoms with van der Waals surface area (Å²) in [7, 11) is 1.49. The standard InChI is InChI=1S/C20H21ClN2O6/c1-11-17(20(25)29-9-8-28-2)18(19-15(22-11)4-3-5-16(19)24)13-10-12(23(26)27)6-7-14(13)21/h6-7,10,18,22H,3-5,8-9H2,1-2H3/t18-/m1/s1. The molecule has 0 unspecified atom stereocenters. The Morgan fingerprint density at radius 2 is 2.10 bits per heavy atom. The maximum Gasteiger partial charge on any atom is 0.336 e. The molecule has 9 heteroatoms. The summed E-state index contributed by atoms with van der Waals surface area (Å²) in [6.07, 6.45) is 1.68. The normalized spacial score (nSPS) is 19.0. The minimum Gasteiger partial charge on any atom is -0.460 e. The van der Waals surface area contributed by atoms with E-state index in [1.165, 1.54) is 25.3 Å². The summed E-state index contributed by atoms with van der Waals surface area (Å²) in [6.45, 7) is 1.98. The van der Waals surface area contributed by atoms with Crippen LogP contribution in [0.5, 0.6) is 0 Å². The molecule has 1 aromatic rings. The Kier molecular flexibility index (Phi) is 6.34. The monoisotopic (exact) mass is 420 g/mol. The van der Waals surface area contributed by atoms with Crippen LogP contribution in [-0.4, -0.2) is 37.0 Å². The molecule has 1 heterocycles. The van der Waals surface area contributed by atoms with Crippen molar-refractivity contribution in [2.24, 2.45) is 0 Å². The Balaban J connectivity index is 2.15. The molecular weight excluding hydrogens is 400 g/mol. The number of halogens is 1. The second-order valence-electron chi connectivity index (χ2n) is 6.86. The van der Waals surface area contributed by atoms with Crippen molar-refractivity contribution in [1.82, 2.24) is 5.32 Å². The number of non-ortho nitro benzene ring substituents is 1. The molecule has 0 saturated carbocycles. The first-order chi connectivity index (χ1) is 13.8. The van der Waals surface area contributed by atoms with Crippen LogP contribution in [0.3, 0.4) is 0 Å². The van der Waals surface area contributed by atoms with E-state index in [0.29, 0.717) is 36.1 Å². The lowest BCUT2D eigenvalue weighted by Crippen LogP contribution is -2.34. The third-order valence-electron chi connectivity index (χ3n) is 5.02. The van der Waals surface area contributed by atoms with Gasteiger partial charge in [-0.2, -0.15) is 0 Å². The number of dihydropyridines is 1. The van der Waals surface area contributed by atoms with Crippen molar-refractivity contribution in [2.75, 3.05) is 20.3 Å². The number of carbonyl (C=O) groups is 2. The van der Waals surface area contributed by atoms with E-state index in [-0.39, 0.29) is 35.3 Å². The molecule has 2 aliphatic rings. The van der Waals surface area contributed by atoms with Crippen molar-refractivity contribution < 1.29 is 24.0 Å². The summed E-state index contributed by atoms with van der Waals surface area (Å²) in [5.41, 5.74) is 2.06. The first kappa shape index (κ1) is 21.0. The Labute approximate surface area is 172 Å². The van der Waals surface area contributed by atoms with E-state index in [4.69, 9.17) is 21.1 Å². The number of ether oxygens (including phenoxy) is 2. The Hall–Kier alpha value is -2.71. The van der Waals surface area contributed by atoms with Gasteiger partial charge in [-0.25, -0.2) is 4.79 Å². The molecular formula is C20H21ClN2O6. The van der Waals surface area contributed by atoms with Gasteiger partial charge in [-0.15, -0.1) is 0 Å². The number of methoxy groups -OCH3 is 1. The second-order valence-corrected chi connectivity index (χ2v) is 7.26.